The van der Waals surface area contributed by atoms with E-state index in [0.717, 1.165) is 22.5 Å². The van der Waals surface area contributed by atoms with Crippen molar-refractivity contribution in [1.29, 1.82) is 0 Å². The van der Waals surface area contributed by atoms with Crippen LogP contribution in [0.1, 0.15) is 43.3 Å². The van der Waals surface area contributed by atoms with Crippen LogP contribution in [0.3, 0.4) is 0 Å². The number of phenols is 1. The molecule has 3 rings (SSSR count). The Bertz CT molecular complexity index is 1050. The molecule has 0 atom stereocenters. The summed E-state index contributed by atoms with van der Waals surface area (Å²) in [7, 11) is 0. The number of fused-ring (bicyclic) bond motifs is 1. The number of carbonyl (C=O) groups excluding carboxylic acids is 1. The van der Waals surface area contributed by atoms with E-state index < -0.39 is 0 Å². The molecule has 2 aromatic heterocycles. The Morgan fingerprint density at radius 3 is 2.61 bits per heavy atom. The lowest BCUT2D eigenvalue weighted by atomic mass is 9.87. The van der Waals surface area contributed by atoms with Gasteiger partial charge in [0.2, 0.25) is 11.1 Å². The number of phenolic OH excluding ortho intramolecular Hbond substituents is 1. The minimum atomic E-state index is -0.223. The number of thioether (sulfide) groups is 1. The molecule has 1 amide bonds. The van der Waals surface area contributed by atoms with Gasteiger partial charge in [-0.2, -0.15) is 4.98 Å². The van der Waals surface area contributed by atoms with Gasteiger partial charge in [0.05, 0.1) is 12.1 Å². The van der Waals surface area contributed by atoms with Crippen LogP contribution < -0.4 is 5.32 Å². The number of anilines is 1. The van der Waals surface area contributed by atoms with Crippen LogP contribution in [0.5, 0.6) is 5.75 Å². The van der Waals surface area contributed by atoms with Gasteiger partial charge in [0.15, 0.2) is 0 Å². The summed E-state index contributed by atoms with van der Waals surface area (Å²) >= 11 is 1.45. The van der Waals surface area contributed by atoms with Crippen molar-refractivity contribution in [1.82, 2.24) is 19.6 Å². The van der Waals surface area contributed by atoms with Crippen molar-refractivity contribution < 1.29 is 9.90 Å². The third-order valence-corrected chi connectivity index (χ3v) is 5.22. The summed E-state index contributed by atoms with van der Waals surface area (Å²) in [4.78, 5) is 21.5. The molecule has 0 aliphatic carbocycles. The molecular weight excluding hydrogens is 374 g/mol. The Morgan fingerprint density at radius 1 is 1.25 bits per heavy atom. The molecule has 28 heavy (non-hydrogen) atoms. The highest BCUT2D eigenvalue weighted by Crippen LogP contribution is 2.31. The number of aromatic hydroxyl groups is 1. The minimum absolute atomic E-state index is 0.0456. The van der Waals surface area contributed by atoms with Crippen molar-refractivity contribution in [2.24, 2.45) is 0 Å². The first-order valence-electron chi connectivity index (χ1n) is 9.00. The molecule has 0 spiro atoms. The molecule has 0 saturated carbocycles. The number of aromatic nitrogens is 4. The second kappa shape index (κ2) is 7.43. The molecule has 0 aliphatic rings. The highest BCUT2D eigenvalue weighted by Gasteiger charge is 2.19. The second-order valence-electron chi connectivity index (χ2n) is 7.78. The van der Waals surface area contributed by atoms with Gasteiger partial charge in [0.1, 0.15) is 5.75 Å². The van der Waals surface area contributed by atoms with Gasteiger partial charge in [-0.1, -0.05) is 38.6 Å². The molecule has 7 nitrogen and oxygen atoms in total. The Labute approximate surface area is 168 Å². The van der Waals surface area contributed by atoms with E-state index in [-0.39, 0.29) is 23.5 Å². The zero-order valence-corrected chi connectivity index (χ0v) is 17.8. The van der Waals surface area contributed by atoms with E-state index in [1.54, 1.807) is 10.6 Å². The molecule has 0 unspecified atom stereocenters. The molecule has 0 radical (unpaired) electrons. The number of nitrogens with one attached hydrogen (secondary N) is 1. The van der Waals surface area contributed by atoms with Crippen molar-refractivity contribution in [2.75, 3.05) is 11.6 Å². The quantitative estimate of drug-likeness (QED) is 0.514. The number of amides is 1. The van der Waals surface area contributed by atoms with Crippen molar-refractivity contribution in [3.8, 4) is 5.75 Å². The van der Waals surface area contributed by atoms with Crippen molar-refractivity contribution in [3.05, 3.63) is 40.7 Å². The van der Waals surface area contributed by atoms with Crippen LogP contribution in [0.4, 0.5) is 5.69 Å². The molecular formula is C20H25N5O2S. The van der Waals surface area contributed by atoms with Gasteiger partial charge in [0.25, 0.3) is 5.78 Å². The van der Waals surface area contributed by atoms with Crippen LogP contribution in [0.15, 0.2) is 23.4 Å². The lowest BCUT2D eigenvalue weighted by molar-refractivity contribution is -0.115. The summed E-state index contributed by atoms with van der Waals surface area (Å²) in [6, 6.07) is 5.29. The number of hydrogen-bond acceptors (Lipinski definition) is 6. The fourth-order valence-electron chi connectivity index (χ4n) is 2.99. The van der Waals surface area contributed by atoms with E-state index >= 15 is 0 Å². The lowest BCUT2D eigenvalue weighted by Gasteiger charge is -2.20. The predicted octanol–water partition coefficient (Wildman–Crippen LogP) is 3.65. The van der Waals surface area contributed by atoms with Gasteiger partial charge in [0, 0.05) is 17.0 Å². The maximum absolute atomic E-state index is 12.7. The normalized spacial score (nSPS) is 11.8. The number of hydrogen-bond donors (Lipinski definition) is 2. The van der Waals surface area contributed by atoms with Crippen LogP contribution >= 0.6 is 11.8 Å². The molecule has 0 bridgehead atoms. The topological polar surface area (TPSA) is 92.4 Å². The Balaban J connectivity index is 1.88. The van der Waals surface area contributed by atoms with E-state index in [4.69, 9.17) is 0 Å². The number of rotatable bonds is 4. The van der Waals surface area contributed by atoms with Gasteiger partial charge in [-0.3, -0.25) is 4.79 Å². The summed E-state index contributed by atoms with van der Waals surface area (Å²) in [5.41, 5.74) is 3.73. The first kappa shape index (κ1) is 20.1. The third-order valence-electron chi connectivity index (χ3n) is 4.69. The molecule has 0 saturated heterocycles. The first-order chi connectivity index (χ1) is 13.1. The van der Waals surface area contributed by atoms with E-state index in [1.807, 2.05) is 32.2 Å². The fraction of sp³-hybridized carbons (Fsp3) is 0.400. The van der Waals surface area contributed by atoms with Gasteiger partial charge in [-0.15, -0.1) is 5.10 Å². The molecule has 2 heterocycles. The van der Waals surface area contributed by atoms with Crippen molar-refractivity contribution >= 4 is 29.1 Å². The zero-order valence-electron chi connectivity index (χ0n) is 17.0. The van der Waals surface area contributed by atoms with Crippen LogP contribution in [0, 0.1) is 13.8 Å². The molecule has 1 aromatic carbocycles. The standard InChI is InChI=1S/C20H25N5O2S/c1-11-14(12(2)25-18(21-11)23-19(24-25)28-6)10-17(27)22-15-9-13(20(3,4)5)7-8-16(15)26/h7-9,26H,10H2,1-6H3,(H,22,27). The highest BCUT2D eigenvalue weighted by atomic mass is 32.2. The summed E-state index contributed by atoms with van der Waals surface area (Å²) in [6.07, 6.45) is 2.04. The predicted molar refractivity (Wildman–Crippen MR) is 111 cm³/mol. The molecule has 0 aliphatic heterocycles. The van der Waals surface area contributed by atoms with Gasteiger partial charge in [-0.25, -0.2) is 9.50 Å². The van der Waals surface area contributed by atoms with Gasteiger partial charge in [-0.05, 0) is 43.2 Å². The fourth-order valence-corrected chi connectivity index (χ4v) is 3.33. The van der Waals surface area contributed by atoms with Crippen molar-refractivity contribution in [3.63, 3.8) is 0 Å². The average Bonchev–Trinajstić information content (AvgIpc) is 3.02. The number of nitrogens with zero attached hydrogens (tertiary/aromatic N) is 4. The monoisotopic (exact) mass is 399 g/mol. The van der Waals surface area contributed by atoms with Gasteiger partial charge < -0.3 is 10.4 Å². The van der Waals surface area contributed by atoms with Gasteiger partial charge >= 0.3 is 0 Å². The molecule has 2 N–H and O–H groups in total. The number of aryl methyl sites for hydroxylation is 2. The van der Waals surface area contributed by atoms with E-state index in [2.05, 4.69) is 41.2 Å². The van der Waals surface area contributed by atoms with E-state index in [1.165, 1.54) is 11.8 Å². The average molecular weight is 400 g/mol. The maximum atomic E-state index is 12.7. The third kappa shape index (κ3) is 3.96. The molecule has 3 aromatic rings. The SMILES string of the molecule is CSc1nc2nc(C)c(CC(=O)Nc3cc(C(C)(C)C)ccc3O)c(C)n2n1. The van der Waals surface area contributed by atoms with E-state index in [0.29, 0.717) is 16.6 Å². The van der Waals surface area contributed by atoms with Crippen molar-refractivity contribution in [2.45, 2.75) is 51.6 Å². The smallest absolute Gasteiger partial charge is 0.253 e. The summed E-state index contributed by atoms with van der Waals surface area (Å²) in [6.45, 7) is 10.0. The molecule has 8 heteroatoms. The Kier molecular flexibility index (Phi) is 5.34. The Hall–Kier alpha value is -2.61. The number of carbonyl (C=O) groups is 1. The van der Waals surface area contributed by atoms with Crippen LogP contribution in [-0.4, -0.2) is 36.9 Å². The van der Waals surface area contributed by atoms with Crippen LogP contribution in [-0.2, 0) is 16.6 Å². The summed E-state index contributed by atoms with van der Waals surface area (Å²) in [5.74, 6) is 0.349. The Morgan fingerprint density at radius 2 is 1.96 bits per heavy atom. The van der Waals surface area contributed by atoms with Crippen LogP contribution in [0.25, 0.3) is 5.78 Å². The molecule has 0 fully saturated rings. The van der Waals surface area contributed by atoms with Crippen LogP contribution in [0.2, 0.25) is 0 Å². The zero-order chi connectivity index (χ0) is 20.6. The number of benzene rings is 1. The summed E-state index contributed by atoms with van der Waals surface area (Å²) < 4.78 is 1.67. The lowest BCUT2D eigenvalue weighted by Crippen LogP contribution is -2.18. The second-order valence-corrected chi connectivity index (χ2v) is 8.55. The maximum Gasteiger partial charge on any atom is 0.253 e. The summed E-state index contributed by atoms with van der Waals surface area (Å²) in [5, 5.41) is 18.0. The minimum Gasteiger partial charge on any atom is -0.506 e. The largest absolute Gasteiger partial charge is 0.506 e. The van der Waals surface area contributed by atoms with E-state index in [9.17, 15) is 9.90 Å². The first-order valence-corrected chi connectivity index (χ1v) is 10.2. The molecule has 148 valence electrons. The highest BCUT2D eigenvalue weighted by molar-refractivity contribution is 7.98.